The van der Waals surface area contributed by atoms with Crippen molar-refractivity contribution in [1.82, 2.24) is 10.1 Å². The number of fused-ring (bicyclic) bond motifs is 1. The molecule has 1 aromatic heterocycles. The first kappa shape index (κ1) is 21.5. The van der Waals surface area contributed by atoms with Crippen molar-refractivity contribution in [1.29, 1.82) is 0 Å². The van der Waals surface area contributed by atoms with E-state index in [2.05, 4.69) is 57.4 Å². The number of nitrogens with two attached hydrogens (primary N) is 1. The van der Waals surface area contributed by atoms with E-state index in [4.69, 9.17) is 10.3 Å². The highest BCUT2D eigenvalue weighted by molar-refractivity contribution is 5.87. The van der Waals surface area contributed by atoms with Crippen LogP contribution in [0.15, 0.2) is 47.0 Å². The monoisotopic (exact) mass is 432 g/mol. The van der Waals surface area contributed by atoms with Crippen molar-refractivity contribution >= 4 is 16.7 Å². The zero-order valence-electron chi connectivity index (χ0n) is 19.1. The summed E-state index contributed by atoms with van der Waals surface area (Å²) < 4.78 is 5.86. The van der Waals surface area contributed by atoms with Gasteiger partial charge in [0.2, 0.25) is 0 Å². The minimum absolute atomic E-state index is 0.498. The van der Waals surface area contributed by atoms with E-state index in [0.717, 1.165) is 54.2 Å². The van der Waals surface area contributed by atoms with Crippen LogP contribution in [0.4, 0.5) is 5.69 Å². The lowest BCUT2D eigenvalue weighted by Crippen LogP contribution is -2.33. The summed E-state index contributed by atoms with van der Waals surface area (Å²) in [5.74, 6) is 0.773. The topological polar surface area (TPSA) is 58.5 Å². The number of rotatable bonds is 7. The Morgan fingerprint density at radius 1 is 0.938 bits per heavy atom. The van der Waals surface area contributed by atoms with Crippen LogP contribution in [0.2, 0.25) is 0 Å². The third kappa shape index (κ3) is 4.69. The third-order valence-electron chi connectivity index (χ3n) is 7.44. The van der Waals surface area contributed by atoms with Gasteiger partial charge in [0, 0.05) is 42.8 Å². The quantitative estimate of drug-likeness (QED) is 0.561. The second-order valence-electron chi connectivity index (χ2n) is 9.56. The summed E-state index contributed by atoms with van der Waals surface area (Å²) in [4.78, 5) is 5.06. The number of aryl methyl sites for hydroxylation is 1. The highest BCUT2D eigenvalue weighted by Gasteiger charge is 2.22. The molecule has 0 atom stereocenters. The summed E-state index contributed by atoms with van der Waals surface area (Å²) >= 11 is 0. The maximum atomic E-state index is 6.17. The fourth-order valence-electron chi connectivity index (χ4n) is 5.52. The molecular formula is C27H36N4O. The Morgan fingerprint density at radius 2 is 1.72 bits per heavy atom. The first-order valence-corrected chi connectivity index (χ1v) is 12.4. The number of nitrogens with zero attached hydrogens (tertiary/aromatic N) is 3. The van der Waals surface area contributed by atoms with Gasteiger partial charge in [0.1, 0.15) is 0 Å². The summed E-state index contributed by atoms with van der Waals surface area (Å²) in [5, 5.41) is 5.65. The Hall–Kier alpha value is -2.37. The lowest BCUT2D eigenvalue weighted by molar-refractivity contribution is 0.172. The van der Waals surface area contributed by atoms with Crippen molar-refractivity contribution in [2.45, 2.75) is 58.0 Å². The molecule has 2 aromatic carbocycles. The smallest absolute Gasteiger partial charge is 0.173 e. The van der Waals surface area contributed by atoms with E-state index in [1.807, 2.05) is 0 Å². The van der Waals surface area contributed by atoms with E-state index in [1.165, 1.54) is 62.9 Å². The van der Waals surface area contributed by atoms with Gasteiger partial charge in [-0.2, -0.15) is 0 Å². The van der Waals surface area contributed by atoms with Crippen molar-refractivity contribution in [2.24, 2.45) is 11.7 Å². The van der Waals surface area contributed by atoms with Crippen LogP contribution >= 0.6 is 0 Å². The van der Waals surface area contributed by atoms with Crippen molar-refractivity contribution in [2.75, 3.05) is 31.1 Å². The molecule has 0 aliphatic carbocycles. The van der Waals surface area contributed by atoms with Crippen LogP contribution in [0.5, 0.6) is 0 Å². The van der Waals surface area contributed by atoms with Crippen LogP contribution in [0.25, 0.3) is 11.0 Å². The van der Waals surface area contributed by atoms with E-state index in [9.17, 15) is 0 Å². The van der Waals surface area contributed by atoms with Gasteiger partial charge < -0.3 is 15.2 Å². The summed E-state index contributed by atoms with van der Waals surface area (Å²) in [5.41, 5.74) is 12.0. The molecule has 0 spiro atoms. The molecule has 2 saturated heterocycles. The Labute approximate surface area is 191 Å². The zero-order valence-corrected chi connectivity index (χ0v) is 19.1. The SMILES string of the molecule is NCc1c(N2CCCCC2)ccc2c(CCC3CCN(Cc4ccccc4)CC3)noc12. The van der Waals surface area contributed by atoms with Gasteiger partial charge in [-0.05, 0) is 81.6 Å². The summed E-state index contributed by atoms with van der Waals surface area (Å²) in [6.45, 7) is 6.18. The first-order chi connectivity index (χ1) is 15.8. The number of anilines is 1. The third-order valence-corrected chi connectivity index (χ3v) is 7.44. The van der Waals surface area contributed by atoms with E-state index >= 15 is 0 Å². The fourth-order valence-corrected chi connectivity index (χ4v) is 5.52. The molecule has 3 heterocycles. The van der Waals surface area contributed by atoms with Crippen molar-refractivity contribution in [3.05, 3.63) is 59.3 Å². The average Bonchev–Trinajstić information content (AvgIpc) is 3.27. The van der Waals surface area contributed by atoms with Crippen molar-refractivity contribution in [3.8, 4) is 0 Å². The molecule has 0 amide bonds. The van der Waals surface area contributed by atoms with Crippen molar-refractivity contribution in [3.63, 3.8) is 0 Å². The molecule has 3 aromatic rings. The van der Waals surface area contributed by atoms with Crippen LogP contribution in [0, 0.1) is 5.92 Å². The minimum Gasteiger partial charge on any atom is -0.371 e. The van der Waals surface area contributed by atoms with Crippen LogP contribution < -0.4 is 10.6 Å². The average molecular weight is 433 g/mol. The summed E-state index contributed by atoms with van der Waals surface area (Å²) in [6.07, 6.45) is 8.57. The molecule has 5 nitrogen and oxygen atoms in total. The Kier molecular flexibility index (Phi) is 6.75. The normalized spacial score (nSPS) is 18.5. The number of hydrogen-bond acceptors (Lipinski definition) is 5. The number of hydrogen-bond donors (Lipinski definition) is 1. The second-order valence-corrected chi connectivity index (χ2v) is 9.56. The van der Waals surface area contributed by atoms with Crippen LogP contribution in [0.3, 0.4) is 0 Å². The van der Waals surface area contributed by atoms with Crippen LogP contribution in [-0.2, 0) is 19.5 Å². The highest BCUT2D eigenvalue weighted by Crippen LogP contribution is 2.33. The largest absolute Gasteiger partial charge is 0.371 e. The summed E-state index contributed by atoms with van der Waals surface area (Å²) in [7, 11) is 0. The molecule has 2 N–H and O–H groups in total. The lowest BCUT2D eigenvalue weighted by Gasteiger charge is -2.32. The van der Waals surface area contributed by atoms with Gasteiger partial charge in [-0.1, -0.05) is 35.5 Å². The number of aromatic nitrogens is 1. The van der Waals surface area contributed by atoms with Gasteiger partial charge in [0.15, 0.2) is 5.58 Å². The zero-order chi connectivity index (χ0) is 21.8. The standard InChI is InChI=1S/C27H36N4O/c28-19-24-26(31-15-5-2-6-16-31)12-10-23-25(29-32-27(23)24)11-9-21-13-17-30(18-14-21)20-22-7-3-1-4-8-22/h1,3-4,7-8,10,12,21H,2,5-6,9,11,13-20,28H2. The summed E-state index contributed by atoms with van der Waals surface area (Å²) in [6, 6.07) is 15.3. The Balaban J connectivity index is 1.20. The van der Waals surface area contributed by atoms with Gasteiger partial charge in [-0.15, -0.1) is 0 Å². The maximum absolute atomic E-state index is 6.17. The van der Waals surface area contributed by atoms with Crippen molar-refractivity contribution < 1.29 is 4.52 Å². The molecule has 2 aliphatic rings. The molecule has 5 heteroatoms. The van der Waals surface area contributed by atoms with Gasteiger partial charge in [-0.25, -0.2) is 0 Å². The molecule has 5 rings (SSSR count). The molecule has 32 heavy (non-hydrogen) atoms. The molecule has 0 unspecified atom stereocenters. The predicted molar refractivity (Wildman–Crippen MR) is 131 cm³/mol. The molecule has 0 bridgehead atoms. The van der Waals surface area contributed by atoms with Gasteiger partial charge in [-0.3, -0.25) is 4.90 Å². The number of benzene rings is 2. The van der Waals surface area contributed by atoms with E-state index in [0.29, 0.717) is 6.54 Å². The minimum atomic E-state index is 0.498. The second kappa shape index (κ2) is 10.1. The van der Waals surface area contributed by atoms with Gasteiger partial charge in [0.05, 0.1) is 5.69 Å². The molecule has 2 fully saturated rings. The molecule has 2 aliphatic heterocycles. The Bertz CT molecular complexity index is 1000. The molecule has 0 saturated carbocycles. The molecular weight excluding hydrogens is 396 g/mol. The van der Waals surface area contributed by atoms with E-state index < -0.39 is 0 Å². The number of piperidine rings is 2. The first-order valence-electron chi connectivity index (χ1n) is 12.4. The number of likely N-dealkylation sites (tertiary alicyclic amines) is 1. The van der Waals surface area contributed by atoms with Crippen LogP contribution in [-0.4, -0.2) is 36.2 Å². The fraction of sp³-hybridized carbons (Fsp3) is 0.519. The highest BCUT2D eigenvalue weighted by atomic mass is 16.5. The predicted octanol–water partition coefficient (Wildman–Crippen LogP) is 5.12. The van der Waals surface area contributed by atoms with Gasteiger partial charge >= 0.3 is 0 Å². The Morgan fingerprint density at radius 3 is 2.47 bits per heavy atom. The molecule has 170 valence electrons. The lowest BCUT2D eigenvalue weighted by atomic mass is 9.91. The van der Waals surface area contributed by atoms with E-state index in [-0.39, 0.29) is 0 Å². The van der Waals surface area contributed by atoms with Gasteiger partial charge in [0.25, 0.3) is 0 Å². The van der Waals surface area contributed by atoms with Crippen LogP contribution in [0.1, 0.15) is 55.3 Å². The molecule has 0 radical (unpaired) electrons. The maximum Gasteiger partial charge on any atom is 0.173 e. The van der Waals surface area contributed by atoms with E-state index in [1.54, 1.807) is 0 Å².